The van der Waals surface area contributed by atoms with E-state index in [1.807, 2.05) is 36.5 Å². The lowest BCUT2D eigenvalue weighted by Crippen LogP contribution is -2.39. The Morgan fingerprint density at radius 3 is 2.92 bits per heavy atom. The van der Waals surface area contributed by atoms with Crippen LogP contribution in [0.1, 0.15) is 49.9 Å². The molecule has 1 atom stereocenters. The number of carbonyl (C=O) groups is 1. The molecule has 3 rings (SSSR count). The van der Waals surface area contributed by atoms with Crippen LogP contribution in [0.3, 0.4) is 0 Å². The zero-order chi connectivity index (χ0) is 16.8. The molecule has 0 aliphatic heterocycles. The topological polar surface area (TPSA) is 66.9 Å². The first-order valence-electron chi connectivity index (χ1n) is 8.73. The Hall–Kier alpha value is -2.43. The monoisotopic (exact) mass is 324 g/mol. The van der Waals surface area contributed by atoms with E-state index in [-0.39, 0.29) is 12.1 Å². The Morgan fingerprint density at radius 2 is 2.12 bits per heavy atom. The fraction of sp³-hybridized carbons (Fsp3) is 0.421. The number of unbranched alkanes of at least 4 members (excludes halogenated alkanes) is 1. The van der Waals surface area contributed by atoms with E-state index < -0.39 is 0 Å². The molecule has 1 aliphatic rings. The minimum absolute atomic E-state index is 0.000185. The van der Waals surface area contributed by atoms with E-state index in [0.29, 0.717) is 6.54 Å². The van der Waals surface area contributed by atoms with Gasteiger partial charge in [-0.05, 0) is 25.7 Å². The van der Waals surface area contributed by atoms with Crippen molar-refractivity contribution in [3.05, 3.63) is 47.8 Å². The number of aryl methyl sites for hydroxylation is 1. The highest BCUT2D eigenvalue weighted by atomic mass is 16.2. The van der Waals surface area contributed by atoms with Gasteiger partial charge in [0.2, 0.25) is 0 Å². The van der Waals surface area contributed by atoms with Gasteiger partial charge in [0, 0.05) is 29.6 Å². The van der Waals surface area contributed by atoms with Crippen LogP contribution in [0.4, 0.5) is 4.79 Å². The van der Waals surface area contributed by atoms with Crippen LogP contribution in [-0.2, 0) is 6.42 Å². The Labute approximate surface area is 142 Å². The lowest BCUT2D eigenvalue weighted by Gasteiger charge is -2.25. The van der Waals surface area contributed by atoms with Crippen LogP contribution in [0.15, 0.2) is 36.5 Å². The summed E-state index contributed by atoms with van der Waals surface area (Å²) in [4.78, 5) is 21.3. The molecular weight excluding hydrogens is 300 g/mol. The number of carbonyl (C=O) groups excluding carboxylic acids is 1. The standard InChI is InChI=1S/C19H24N4O/c1-2-3-12-20-19(24)23-17-11-7-10-16-15(17)13-21-18(22-16)14-8-5-4-6-9-14/h4-6,8-9,13,17H,2-3,7,10-12H2,1H3,(H2,20,23,24)/t17-/m1/s1. The van der Waals surface area contributed by atoms with Crippen molar-refractivity contribution in [1.29, 1.82) is 0 Å². The van der Waals surface area contributed by atoms with Gasteiger partial charge in [-0.25, -0.2) is 14.8 Å². The highest BCUT2D eigenvalue weighted by Crippen LogP contribution is 2.29. The van der Waals surface area contributed by atoms with Gasteiger partial charge in [0.05, 0.1) is 6.04 Å². The van der Waals surface area contributed by atoms with E-state index in [1.165, 1.54) is 0 Å². The first kappa shape index (κ1) is 16.4. The number of hydrogen-bond acceptors (Lipinski definition) is 3. The summed E-state index contributed by atoms with van der Waals surface area (Å²) >= 11 is 0. The van der Waals surface area contributed by atoms with E-state index >= 15 is 0 Å². The number of fused-ring (bicyclic) bond motifs is 1. The summed E-state index contributed by atoms with van der Waals surface area (Å²) in [6, 6.07) is 9.89. The summed E-state index contributed by atoms with van der Waals surface area (Å²) in [7, 11) is 0. The van der Waals surface area contributed by atoms with Gasteiger partial charge in [-0.15, -0.1) is 0 Å². The molecule has 0 radical (unpaired) electrons. The van der Waals surface area contributed by atoms with Crippen molar-refractivity contribution in [2.24, 2.45) is 0 Å². The molecule has 2 N–H and O–H groups in total. The number of rotatable bonds is 5. The Morgan fingerprint density at radius 1 is 1.29 bits per heavy atom. The minimum atomic E-state index is -0.103. The predicted octanol–water partition coefficient (Wildman–Crippen LogP) is 3.62. The van der Waals surface area contributed by atoms with Gasteiger partial charge in [-0.2, -0.15) is 0 Å². The molecule has 0 fully saturated rings. The molecule has 5 heteroatoms. The summed E-state index contributed by atoms with van der Waals surface area (Å²) in [6.07, 6.45) is 6.84. The van der Waals surface area contributed by atoms with Crippen LogP contribution >= 0.6 is 0 Å². The number of benzene rings is 1. The van der Waals surface area contributed by atoms with Gasteiger partial charge < -0.3 is 10.6 Å². The van der Waals surface area contributed by atoms with Gasteiger partial charge in [-0.1, -0.05) is 43.7 Å². The van der Waals surface area contributed by atoms with Gasteiger partial charge in [0.25, 0.3) is 0 Å². The predicted molar refractivity (Wildman–Crippen MR) is 94.6 cm³/mol. The van der Waals surface area contributed by atoms with Crippen LogP contribution in [0, 0.1) is 0 Å². The van der Waals surface area contributed by atoms with E-state index in [1.54, 1.807) is 0 Å². The molecular formula is C19H24N4O. The second-order valence-electron chi connectivity index (χ2n) is 6.16. The number of hydrogen-bond donors (Lipinski definition) is 2. The van der Waals surface area contributed by atoms with E-state index in [0.717, 1.165) is 54.7 Å². The molecule has 0 saturated carbocycles. The third-order valence-corrected chi connectivity index (χ3v) is 4.33. The van der Waals surface area contributed by atoms with Crippen molar-refractivity contribution < 1.29 is 4.79 Å². The number of amides is 2. The van der Waals surface area contributed by atoms with Crippen molar-refractivity contribution >= 4 is 6.03 Å². The van der Waals surface area contributed by atoms with Crippen LogP contribution in [0.25, 0.3) is 11.4 Å². The van der Waals surface area contributed by atoms with Crippen molar-refractivity contribution in [1.82, 2.24) is 20.6 Å². The second-order valence-corrected chi connectivity index (χ2v) is 6.16. The summed E-state index contributed by atoms with van der Waals surface area (Å²) in [5.74, 6) is 0.752. The molecule has 0 saturated heterocycles. The summed E-state index contributed by atoms with van der Waals surface area (Å²) in [6.45, 7) is 2.82. The summed E-state index contributed by atoms with van der Waals surface area (Å²) < 4.78 is 0. The average Bonchev–Trinajstić information content (AvgIpc) is 2.62. The van der Waals surface area contributed by atoms with E-state index in [9.17, 15) is 4.79 Å². The average molecular weight is 324 g/mol. The zero-order valence-corrected chi connectivity index (χ0v) is 14.1. The quantitative estimate of drug-likeness (QED) is 0.826. The Balaban J connectivity index is 1.73. The normalized spacial score (nSPS) is 16.3. The molecule has 0 bridgehead atoms. The molecule has 1 aromatic carbocycles. The molecule has 0 spiro atoms. The van der Waals surface area contributed by atoms with Crippen molar-refractivity contribution in [2.45, 2.75) is 45.1 Å². The molecule has 1 aromatic heterocycles. The highest BCUT2D eigenvalue weighted by molar-refractivity contribution is 5.74. The lowest BCUT2D eigenvalue weighted by molar-refractivity contribution is 0.235. The second kappa shape index (κ2) is 7.90. The lowest BCUT2D eigenvalue weighted by atomic mass is 9.92. The third-order valence-electron chi connectivity index (χ3n) is 4.33. The maximum atomic E-state index is 12.0. The minimum Gasteiger partial charge on any atom is -0.338 e. The third kappa shape index (κ3) is 3.91. The van der Waals surface area contributed by atoms with Gasteiger partial charge in [-0.3, -0.25) is 0 Å². The van der Waals surface area contributed by atoms with Crippen molar-refractivity contribution in [2.75, 3.05) is 6.54 Å². The van der Waals surface area contributed by atoms with Crippen LogP contribution < -0.4 is 10.6 Å². The maximum absolute atomic E-state index is 12.0. The zero-order valence-electron chi connectivity index (χ0n) is 14.1. The van der Waals surface area contributed by atoms with Gasteiger partial charge in [0.15, 0.2) is 5.82 Å². The number of nitrogens with one attached hydrogen (secondary N) is 2. The largest absolute Gasteiger partial charge is 0.338 e. The van der Waals surface area contributed by atoms with Crippen molar-refractivity contribution in [3.8, 4) is 11.4 Å². The van der Waals surface area contributed by atoms with Crippen molar-refractivity contribution in [3.63, 3.8) is 0 Å². The summed E-state index contributed by atoms with van der Waals surface area (Å²) in [5.41, 5.74) is 3.12. The number of urea groups is 1. The van der Waals surface area contributed by atoms with E-state index in [2.05, 4.69) is 22.5 Å². The summed E-state index contributed by atoms with van der Waals surface area (Å²) in [5, 5.41) is 5.97. The fourth-order valence-electron chi connectivity index (χ4n) is 3.01. The van der Waals surface area contributed by atoms with Crippen LogP contribution in [0.2, 0.25) is 0 Å². The van der Waals surface area contributed by atoms with Crippen LogP contribution in [-0.4, -0.2) is 22.5 Å². The van der Waals surface area contributed by atoms with E-state index in [4.69, 9.17) is 4.98 Å². The molecule has 1 aliphatic carbocycles. The SMILES string of the molecule is CCCCNC(=O)N[C@@H]1CCCc2nc(-c3ccccc3)ncc21. The Kier molecular flexibility index (Phi) is 5.41. The van der Waals surface area contributed by atoms with Crippen LogP contribution in [0.5, 0.6) is 0 Å². The molecule has 0 unspecified atom stereocenters. The first-order chi connectivity index (χ1) is 11.8. The number of nitrogens with zero attached hydrogens (tertiary/aromatic N) is 2. The molecule has 2 aromatic rings. The molecule has 1 heterocycles. The fourth-order valence-corrected chi connectivity index (χ4v) is 3.01. The number of aromatic nitrogens is 2. The first-order valence-corrected chi connectivity index (χ1v) is 8.73. The molecule has 5 nitrogen and oxygen atoms in total. The Bertz CT molecular complexity index is 687. The molecule has 24 heavy (non-hydrogen) atoms. The van der Waals surface area contributed by atoms with Gasteiger partial charge in [0.1, 0.15) is 0 Å². The highest BCUT2D eigenvalue weighted by Gasteiger charge is 2.23. The smallest absolute Gasteiger partial charge is 0.315 e. The molecule has 126 valence electrons. The maximum Gasteiger partial charge on any atom is 0.315 e. The molecule has 2 amide bonds. The van der Waals surface area contributed by atoms with Gasteiger partial charge >= 0.3 is 6.03 Å².